The maximum absolute atomic E-state index is 13.2. The van der Waals surface area contributed by atoms with E-state index in [0.717, 1.165) is 6.54 Å². The van der Waals surface area contributed by atoms with Crippen LogP contribution in [0.25, 0.3) is 0 Å². The van der Waals surface area contributed by atoms with Crippen molar-refractivity contribution < 1.29 is 9.50 Å². The van der Waals surface area contributed by atoms with Crippen LogP contribution >= 0.6 is 12.4 Å². The van der Waals surface area contributed by atoms with Gasteiger partial charge < -0.3 is 10.0 Å². The number of nitrogens with zero attached hydrogens (tertiary/aromatic N) is 1. The summed E-state index contributed by atoms with van der Waals surface area (Å²) in [7, 11) is 3.94. The quantitative estimate of drug-likeness (QED) is 0.893. The van der Waals surface area contributed by atoms with Gasteiger partial charge in [-0.2, -0.15) is 0 Å². The molecule has 104 valence electrons. The van der Waals surface area contributed by atoms with Crippen molar-refractivity contribution in [1.29, 1.82) is 0 Å². The molecular weight excluding hydrogens is 253 g/mol. The van der Waals surface area contributed by atoms with E-state index in [-0.39, 0.29) is 24.1 Å². The Kier molecular flexibility index (Phi) is 6.82. The van der Waals surface area contributed by atoms with Gasteiger partial charge in [0, 0.05) is 12.5 Å². The van der Waals surface area contributed by atoms with Crippen LogP contribution in [0.1, 0.15) is 25.8 Å². The minimum Gasteiger partial charge on any atom is -0.385 e. The summed E-state index contributed by atoms with van der Waals surface area (Å²) in [6.45, 7) is 4.69. The van der Waals surface area contributed by atoms with E-state index in [4.69, 9.17) is 0 Å². The molecule has 0 unspecified atom stereocenters. The molecule has 1 N–H and O–H groups in total. The molecule has 1 aromatic rings. The Bertz CT molecular complexity index is 373. The molecule has 0 aliphatic heterocycles. The highest BCUT2D eigenvalue weighted by atomic mass is 35.5. The predicted octanol–water partition coefficient (Wildman–Crippen LogP) is 3.04. The Balaban J connectivity index is 0.00000289. The molecule has 0 fully saturated rings. The van der Waals surface area contributed by atoms with Crippen LogP contribution in [0.15, 0.2) is 24.3 Å². The average molecular weight is 276 g/mol. The second-order valence-corrected chi connectivity index (χ2v) is 4.95. The molecule has 0 heterocycles. The van der Waals surface area contributed by atoms with Crippen LogP contribution in [0, 0.1) is 11.7 Å². The molecule has 2 atom stereocenters. The molecule has 1 aromatic carbocycles. The van der Waals surface area contributed by atoms with Crippen molar-refractivity contribution in [3.05, 3.63) is 35.6 Å². The molecule has 0 bridgehead atoms. The van der Waals surface area contributed by atoms with Crippen LogP contribution in [0.5, 0.6) is 0 Å². The van der Waals surface area contributed by atoms with E-state index in [9.17, 15) is 9.50 Å². The molecule has 2 nitrogen and oxygen atoms in total. The highest BCUT2D eigenvalue weighted by Crippen LogP contribution is 2.33. The molecule has 0 amide bonds. The summed E-state index contributed by atoms with van der Waals surface area (Å²) in [4.78, 5) is 2.03. The number of rotatable bonds is 5. The van der Waals surface area contributed by atoms with Gasteiger partial charge in [0.1, 0.15) is 5.82 Å². The average Bonchev–Trinajstić information content (AvgIpc) is 2.27. The summed E-state index contributed by atoms with van der Waals surface area (Å²) in [5.74, 6) is -0.254. The van der Waals surface area contributed by atoms with E-state index in [1.165, 1.54) is 12.1 Å². The van der Waals surface area contributed by atoms with Gasteiger partial charge in [0.25, 0.3) is 0 Å². The first-order chi connectivity index (χ1) is 7.90. The van der Waals surface area contributed by atoms with Gasteiger partial charge >= 0.3 is 0 Å². The number of aliphatic hydroxyl groups is 1. The lowest BCUT2D eigenvalue weighted by Gasteiger charge is -2.35. The monoisotopic (exact) mass is 275 g/mol. The van der Waals surface area contributed by atoms with Crippen LogP contribution in [0.2, 0.25) is 0 Å². The van der Waals surface area contributed by atoms with Gasteiger partial charge in [-0.25, -0.2) is 4.39 Å². The van der Waals surface area contributed by atoms with Gasteiger partial charge in [0.2, 0.25) is 0 Å². The Labute approximate surface area is 115 Å². The van der Waals surface area contributed by atoms with Crippen molar-refractivity contribution >= 4 is 12.4 Å². The summed E-state index contributed by atoms with van der Waals surface area (Å²) in [5, 5.41) is 10.7. The predicted molar refractivity (Wildman–Crippen MR) is 75.6 cm³/mol. The minimum atomic E-state index is -0.966. The second kappa shape index (κ2) is 7.07. The summed E-state index contributed by atoms with van der Waals surface area (Å²) in [6.07, 6.45) is 0.575. The SMILES string of the molecule is CC[C@](O)(c1cccc(F)c1)[C@H](C)CN(C)C.Cl. The lowest BCUT2D eigenvalue weighted by molar-refractivity contribution is -0.0294. The lowest BCUT2D eigenvalue weighted by Crippen LogP contribution is -2.38. The van der Waals surface area contributed by atoms with E-state index in [1.54, 1.807) is 12.1 Å². The van der Waals surface area contributed by atoms with Gasteiger partial charge in [-0.1, -0.05) is 26.0 Å². The van der Waals surface area contributed by atoms with E-state index in [1.807, 2.05) is 32.8 Å². The smallest absolute Gasteiger partial charge is 0.123 e. The first kappa shape index (κ1) is 17.4. The van der Waals surface area contributed by atoms with E-state index in [2.05, 4.69) is 0 Å². The molecule has 0 aromatic heterocycles. The zero-order chi connectivity index (χ0) is 13.1. The highest BCUT2D eigenvalue weighted by Gasteiger charge is 2.34. The third kappa shape index (κ3) is 3.94. The first-order valence-corrected chi connectivity index (χ1v) is 6.03. The maximum atomic E-state index is 13.2. The van der Waals surface area contributed by atoms with Crippen molar-refractivity contribution in [3.8, 4) is 0 Å². The molecule has 0 saturated heterocycles. The highest BCUT2D eigenvalue weighted by molar-refractivity contribution is 5.85. The van der Waals surface area contributed by atoms with Gasteiger partial charge in [-0.3, -0.25) is 0 Å². The van der Waals surface area contributed by atoms with Crippen LogP contribution in [-0.4, -0.2) is 30.6 Å². The molecule has 0 aliphatic rings. The summed E-state index contributed by atoms with van der Waals surface area (Å²) in [5.41, 5.74) is -0.304. The maximum Gasteiger partial charge on any atom is 0.123 e. The molecule has 0 radical (unpaired) electrons. The van der Waals surface area contributed by atoms with Gasteiger partial charge in [-0.15, -0.1) is 12.4 Å². The molecule has 0 spiro atoms. The van der Waals surface area contributed by atoms with Crippen LogP contribution in [0.4, 0.5) is 4.39 Å². The van der Waals surface area contributed by atoms with Crippen molar-refractivity contribution in [3.63, 3.8) is 0 Å². The number of halogens is 2. The first-order valence-electron chi connectivity index (χ1n) is 6.03. The van der Waals surface area contributed by atoms with Crippen LogP contribution < -0.4 is 0 Å². The molecule has 1 rings (SSSR count). The number of hydrogen-bond acceptors (Lipinski definition) is 2. The third-order valence-electron chi connectivity index (χ3n) is 3.32. The van der Waals surface area contributed by atoms with Gasteiger partial charge in [0.15, 0.2) is 0 Å². The van der Waals surface area contributed by atoms with E-state index in [0.29, 0.717) is 12.0 Å². The minimum absolute atomic E-state index is 0. The molecular formula is C14H23ClFNO. The van der Waals surface area contributed by atoms with Gasteiger partial charge in [-0.05, 0) is 38.2 Å². The molecule has 4 heteroatoms. The fraction of sp³-hybridized carbons (Fsp3) is 0.571. The fourth-order valence-electron chi connectivity index (χ4n) is 2.29. The standard InChI is InChI=1S/C14H22FNO.ClH/c1-5-14(17,11(2)10-16(3)4)12-7-6-8-13(15)9-12;/h6-9,11,17H,5,10H2,1-4H3;1H/t11-,14-;/m1./s1. The number of benzene rings is 1. The van der Waals surface area contributed by atoms with Crippen molar-refractivity contribution in [1.82, 2.24) is 4.90 Å². The largest absolute Gasteiger partial charge is 0.385 e. The molecule has 18 heavy (non-hydrogen) atoms. The normalized spacial score (nSPS) is 15.9. The van der Waals surface area contributed by atoms with Crippen molar-refractivity contribution in [2.75, 3.05) is 20.6 Å². The lowest BCUT2D eigenvalue weighted by atomic mass is 9.80. The van der Waals surface area contributed by atoms with Crippen molar-refractivity contribution in [2.24, 2.45) is 5.92 Å². The summed E-state index contributed by atoms with van der Waals surface area (Å²) >= 11 is 0. The number of hydrogen-bond donors (Lipinski definition) is 1. The third-order valence-corrected chi connectivity index (χ3v) is 3.32. The van der Waals surface area contributed by atoms with E-state index < -0.39 is 5.60 Å². The topological polar surface area (TPSA) is 23.5 Å². The summed E-state index contributed by atoms with van der Waals surface area (Å²) < 4.78 is 13.2. The second-order valence-electron chi connectivity index (χ2n) is 4.95. The Morgan fingerprint density at radius 1 is 1.39 bits per heavy atom. The zero-order valence-electron chi connectivity index (χ0n) is 11.5. The Morgan fingerprint density at radius 2 is 2.00 bits per heavy atom. The fourth-order valence-corrected chi connectivity index (χ4v) is 2.29. The Morgan fingerprint density at radius 3 is 2.44 bits per heavy atom. The molecule has 0 saturated carbocycles. The Hall–Kier alpha value is -0.640. The van der Waals surface area contributed by atoms with Crippen LogP contribution in [-0.2, 0) is 5.60 Å². The zero-order valence-corrected chi connectivity index (χ0v) is 12.3. The van der Waals surface area contributed by atoms with Crippen LogP contribution in [0.3, 0.4) is 0 Å². The van der Waals surface area contributed by atoms with Crippen molar-refractivity contribution in [2.45, 2.75) is 25.9 Å². The summed E-state index contributed by atoms with van der Waals surface area (Å²) in [6, 6.07) is 6.26. The van der Waals surface area contributed by atoms with Gasteiger partial charge in [0.05, 0.1) is 5.60 Å². The van der Waals surface area contributed by atoms with E-state index >= 15 is 0 Å². The molecule has 0 aliphatic carbocycles.